The number of fused-ring (bicyclic) bond motifs is 1. The first kappa shape index (κ1) is 12.6. The third-order valence-corrected chi connectivity index (χ3v) is 3.43. The Morgan fingerprint density at radius 3 is 3.12 bits per heavy atom. The van der Waals surface area contributed by atoms with E-state index in [0.717, 1.165) is 23.3 Å². The molecule has 1 N–H and O–H groups in total. The van der Waals surface area contributed by atoms with Crippen LogP contribution in [0.4, 0.5) is 0 Å². The summed E-state index contributed by atoms with van der Waals surface area (Å²) in [7, 11) is 0. The minimum absolute atomic E-state index is 0.886. The smallest absolute Gasteiger partial charge is 0.142 e. The van der Waals surface area contributed by atoms with Crippen LogP contribution in [0.1, 0.15) is 31.7 Å². The van der Waals surface area contributed by atoms with Gasteiger partial charge in [0, 0.05) is 18.3 Å². The third kappa shape index (κ3) is 3.07. The van der Waals surface area contributed by atoms with Crippen LogP contribution in [-0.2, 0) is 6.54 Å². The molecule has 2 heterocycles. The summed E-state index contributed by atoms with van der Waals surface area (Å²) in [6.07, 6.45) is 7.68. The number of halogens is 1. The molecule has 2 aromatic heterocycles. The lowest BCUT2D eigenvalue weighted by Crippen LogP contribution is -2.15. The van der Waals surface area contributed by atoms with E-state index in [-0.39, 0.29) is 0 Å². The zero-order chi connectivity index (χ0) is 12.1. The van der Waals surface area contributed by atoms with Gasteiger partial charge < -0.3 is 5.32 Å². The highest BCUT2D eigenvalue weighted by atomic mass is 79.9. The van der Waals surface area contributed by atoms with Gasteiger partial charge in [-0.05, 0) is 35.0 Å². The minimum Gasteiger partial charge on any atom is -0.313 e. The highest BCUT2D eigenvalue weighted by molar-refractivity contribution is 9.10. The van der Waals surface area contributed by atoms with Gasteiger partial charge in [-0.3, -0.25) is 4.40 Å². The summed E-state index contributed by atoms with van der Waals surface area (Å²) in [6, 6.07) is 4.18. The molecule has 0 aliphatic rings. The van der Waals surface area contributed by atoms with E-state index >= 15 is 0 Å². The van der Waals surface area contributed by atoms with Gasteiger partial charge in [0.1, 0.15) is 10.3 Å². The van der Waals surface area contributed by atoms with Gasteiger partial charge in [-0.15, -0.1) is 0 Å². The lowest BCUT2D eigenvalue weighted by atomic mass is 10.2. The summed E-state index contributed by atoms with van der Waals surface area (Å²) in [5.74, 6) is 0. The highest BCUT2D eigenvalue weighted by Crippen LogP contribution is 2.15. The lowest BCUT2D eigenvalue weighted by molar-refractivity contribution is 0.617. The number of hydrogen-bond acceptors (Lipinski definition) is 2. The molecule has 2 aromatic rings. The Morgan fingerprint density at radius 1 is 1.41 bits per heavy atom. The van der Waals surface area contributed by atoms with Crippen molar-refractivity contribution in [1.29, 1.82) is 0 Å². The molecule has 0 aliphatic carbocycles. The number of aromatic nitrogens is 2. The summed E-state index contributed by atoms with van der Waals surface area (Å²) in [4.78, 5) is 4.41. The van der Waals surface area contributed by atoms with E-state index in [2.05, 4.69) is 49.7 Å². The number of hydrogen-bond donors (Lipinski definition) is 1. The fourth-order valence-corrected chi connectivity index (χ4v) is 2.29. The van der Waals surface area contributed by atoms with Crippen LogP contribution in [0, 0.1) is 0 Å². The molecule has 0 saturated heterocycles. The Bertz CT molecular complexity index is 478. The monoisotopic (exact) mass is 295 g/mol. The van der Waals surface area contributed by atoms with Crippen LogP contribution in [0.15, 0.2) is 29.1 Å². The predicted octanol–water partition coefficient (Wildman–Crippen LogP) is 3.38. The Kier molecular flexibility index (Phi) is 4.57. The van der Waals surface area contributed by atoms with Gasteiger partial charge in [0.25, 0.3) is 0 Å². The molecular weight excluding hydrogens is 278 g/mol. The Morgan fingerprint density at radius 2 is 2.29 bits per heavy atom. The molecule has 92 valence electrons. The van der Waals surface area contributed by atoms with Gasteiger partial charge in [0.15, 0.2) is 0 Å². The number of rotatable bonds is 6. The molecule has 0 spiro atoms. The van der Waals surface area contributed by atoms with Gasteiger partial charge in [0.05, 0.1) is 6.20 Å². The number of imidazole rings is 1. The minimum atomic E-state index is 0.886. The quantitative estimate of drug-likeness (QED) is 0.828. The molecule has 0 fully saturated rings. The molecule has 0 atom stereocenters. The molecule has 17 heavy (non-hydrogen) atoms. The van der Waals surface area contributed by atoms with Crippen LogP contribution < -0.4 is 5.32 Å². The van der Waals surface area contributed by atoms with E-state index in [0.29, 0.717) is 0 Å². The molecule has 0 radical (unpaired) electrons. The Hall–Kier alpha value is -0.870. The summed E-state index contributed by atoms with van der Waals surface area (Å²) in [5.41, 5.74) is 2.28. The first-order valence-electron chi connectivity index (χ1n) is 6.14. The van der Waals surface area contributed by atoms with Crippen LogP contribution >= 0.6 is 15.9 Å². The van der Waals surface area contributed by atoms with Crippen molar-refractivity contribution < 1.29 is 0 Å². The van der Waals surface area contributed by atoms with E-state index in [1.165, 1.54) is 24.8 Å². The van der Waals surface area contributed by atoms with Crippen molar-refractivity contribution in [2.24, 2.45) is 0 Å². The normalized spacial score (nSPS) is 11.2. The lowest BCUT2D eigenvalue weighted by Gasteiger charge is -2.06. The maximum absolute atomic E-state index is 4.41. The van der Waals surface area contributed by atoms with E-state index < -0.39 is 0 Å². The molecule has 0 saturated carbocycles. The summed E-state index contributed by atoms with van der Waals surface area (Å²) >= 11 is 3.48. The highest BCUT2D eigenvalue weighted by Gasteiger charge is 2.04. The van der Waals surface area contributed by atoms with Crippen molar-refractivity contribution in [3.05, 3.63) is 34.7 Å². The van der Waals surface area contributed by atoms with Crippen LogP contribution in [0.2, 0.25) is 0 Å². The summed E-state index contributed by atoms with van der Waals surface area (Å²) < 4.78 is 3.06. The van der Waals surface area contributed by atoms with Crippen molar-refractivity contribution in [2.75, 3.05) is 6.54 Å². The fourth-order valence-electron chi connectivity index (χ4n) is 1.90. The Labute approximate surface area is 110 Å². The van der Waals surface area contributed by atoms with E-state index in [4.69, 9.17) is 0 Å². The number of unbranched alkanes of at least 4 members (excludes halogenated alkanes) is 2. The second-order valence-electron chi connectivity index (χ2n) is 4.19. The number of pyridine rings is 1. The SMILES string of the molecule is CCCCCNCc1cccn2c(Br)cnc12. The van der Waals surface area contributed by atoms with Gasteiger partial charge in [0.2, 0.25) is 0 Å². The van der Waals surface area contributed by atoms with E-state index in [1.54, 1.807) is 0 Å². The van der Waals surface area contributed by atoms with Crippen LogP contribution in [0.5, 0.6) is 0 Å². The second kappa shape index (κ2) is 6.17. The van der Waals surface area contributed by atoms with Crippen molar-refractivity contribution in [3.8, 4) is 0 Å². The van der Waals surface area contributed by atoms with Crippen LogP contribution in [-0.4, -0.2) is 15.9 Å². The van der Waals surface area contributed by atoms with Gasteiger partial charge in [-0.2, -0.15) is 0 Å². The molecule has 3 nitrogen and oxygen atoms in total. The van der Waals surface area contributed by atoms with Gasteiger partial charge in [-0.1, -0.05) is 25.8 Å². The molecule has 0 aromatic carbocycles. The number of nitrogens with zero attached hydrogens (tertiary/aromatic N) is 2. The summed E-state index contributed by atoms with van der Waals surface area (Å²) in [5, 5.41) is 3.47. The van der Waals surface area contributed by atoms with Crippen LogP contribution in [0.3, 0.4) is 0 Å². The molecule has 0 bridgehead atoms. The molecule has 0 unspecified atom stereocenters. The maximum atomic E-state index is 4.41. The first-order chi connectivity index (χ1) is 8.33. The maximum Gasteiger partial charge on any atom is 0.142 e. The van der Waals surface area contributed by atoms with Gasteiger partial charge >= 0.3 is 0 Å². The standard InChI is InChI=1S/C13H18BrN3/c1-2-3-4-7-15-9-11-6-5-8-17-12(14)10-16-13(11)17/h5-6,8,10,15H,2-4,7,9H2,1H3. The zero-order valence-electron chi connectivity index (χ0n) is 10.1. The average Bonchev–Trinajstić information content (AvgIpc) is 2.72. The number of nitrogens with one attached hydrogen (secondary N) is 1. The van der Waals surface area contributed by atoms with Gasteiger partial charge in [-0.25, -0.2) is 4.98 Å². The van der Waals surface area contributed by atoms with Crippen molar-refractivity contribution in [1.82, 2.24) is 14.7 Å². The summed E-state index contributed by atoms with van der Waals surface area (Å²) in [6.45, 7) is 4.19. The second-order valence-corrected chi connectivity index (χ2v) is 5.00. The Balaban J connectivity index is 1.99. The molecule has 0 aliphatic heterocycles. The van der Waals surface area contributed by atoms with Crippen LogP contribution in [0.25, 0.3) is 5.65 Å². The molecule has 0 amide bonds. The van der Waals surface area contributed by atoms with E-state index in [1.807, 2.05) is 12.4 Å². The largest absolute Gasteiger partial charge is 0.313 e. The predicted molar refractivity (Wildman–Crippen MR) is 74.1 cm³/mol. The molecule has 4 heteroatoms. The van der Waals surface area contributed by atoms with Crippen molar-refractivity contribution in [3.63, 3.8) is 0 Å². The molecular formula is C13H18BrN3. The van der Waals surface area contributed by atoms with Crippen molar-refractivity contribution >= 4 is 21.6 Å². The third-order valence-electron chi connectivity index (χ3n) is 2.84. The van der Waals surface area contributed by atoms with Crippen molar-refractivity contribution in [2.45, 2.75) is 32.7 Å². The van der Waals surface area contributed by atoms with E-state index in [9.17, 15) is 0 Å². The first-order valence-corrected chi connectivity index (χ1v) is 6.93. The fraction of sp³-hybridized carbons (Fsp3) is 0.462. The average molecular weight is 296 g/mol. The zero-order valence-corrected chi connectivity index (χ0v) is 11.7. The topological polar surface area (TPSA) is 29.3 Å². The molecule has 2 rings (SSSR count).